The molecule has 1 aromatic heterocycles. The van der Waals surface area contributed by atoms with Crippen molar-refractivity contribution in [3.8, 4) is 0 Å². The van der Waals surface area contributed by atoms with E-state index in [1.165, 1.54) is 12.3 Å². The van der Waals surface area contributed by atoms with E-state index in [2.05, 4.69) is 11.9 Å². The van der Waals surface area contributed by atoms with Crippen LogP contribution < -0.4 is 0 Å². The molecule has 0 bridgehead atoms. The molecule has 0 saturated heterocycles. The van der Waals surface area contributed by atoms with E-state index in [9.17, 15) is 4.39 Å². The summed E-state index contributed by atoms with van der Waals surface area (Å²) in [6, 6.07) is 1.52. The zero-order chi connectivity index (χ0) is 5.98. The number of aromatic nitrogens is 1. The summed E-state index contributed by atoms with van der Waals surface area (Å²) >= 11 is 0. The molecule has 0 N–H and O–H groups in total. The van der Waals surface area contributed by atoms with E-state index >= 15 is 0 Å². The van der Waals surface area contributed by atoms with Gasteiger partial charge in [0.2, 0.25) is 0 Å². The molecule has 1 heterocycles. The van der Waals surface area contributed by atoms with Crippen molar-refractivity contribution in [3.05, 3.63) is 36.8 Å². The Morgan fingerprint density at radius 3 is 2.75 bits per heavy atom. The van der Waals surface area contributed by atoms with Crippen molar-refractivity contribution in [2.75, 3.05) is 0 Å². The van der Waals surface area contributed by atoms with Crippen LogP contribution in [0.15, 0.2) is 18.5 Å². The Balaban J connectivity index is 3.13. The largest absolute Gasteiger partial charge is 0.262 e. The van der Waals surface area contributed by atoms with E-state index in [0.717, 1.165) is 6.20 Å². The van der Waals surface area contributed by atoms with Gasteiger partial charge in [-0.2, -0.15) is 0 Å². The normalized spacial score (nSPS) is 9.25. The first kappa shape index (κ1) is 5.22. The molecule has 0 fully saturated rings. The number of halogens is 1. The Bertz CT molecular complexity index is 165. The van der Waals surface area contributed by atoms with E-state index in [1.54, 1.807) is 0 Å². The molecular weight excluding hydrogens is 105 g/mol. The van der Waals surface area contributed by atoms with Crippen molar-refractivity contribution in [3.63, 3.8) is 0 Å². The summed E-state index contributed by atoms with van der Waals surface area (Å²) in [5, 5.41) is 0. The number of hydrogen-bond donors (Lipinski definition) is 0. The standard InChI is InChI=1S/C6H5FN/c1-5-2-3-8-4-6(5)7/h2-4H,1H2. The molecule has 41 valence electrons. The molecule has 0 amide bonds. The van der Waals surface area contributed by atoms with Gasteiger partial charge in [-0.1, -0.05) is 0 Å². The Labute approximate surface area is 47.2 Å². The van der Waals surface area contributed by atoms with Gasteiger partial charge in [0.05, 0.1) is 6.20 Å². The second-order valence-corrected chi connectivity index (χ2v) is 1.47. The van der Waals surface area contributed by atoms with Gasteiger partial charge in [0.25, 0.3) is 0 Å². The van der Waals surface area contributed by atoms with Crippen molar-refractivity contribution < 1.29 is 4.39 Å². The van der Waals surface area contributed by atoms with Crippen LogP contribution in [0.25, 0.3) is 0 Å². The SMILES string of the molecule is [CH2]c1ccncc1F. The first-order valence-corrected chi connectivity index (χ1v) is 2.22. The van der Waals surface area contributed by atoms with Gasteiger partial charge in [0, 0.05) is 6.20 Å². The van der Waals surface area contributed by atoms with Gasteiger partial charge in [-0.25, -0.2) is 4.39 Å². The summed E-state index contributed by atoms with van der Waals surface area (Å²) in [4.78, 5) is 3.53. The molecule has 1 rings (SSSR count). The lowest BCUT2D eigenvalue weighted by Crippen LogP contribution is -1.80. The fourth-order valence-electron chi connectivity index (χ4n) is 0.404. The van der Waals surface area contributed by atoms with Crippen LogP contribution in [-0.2, 0) is 0 Å². The maximum absolute atomic E-state index is 12.2. The second kappa shape index (κ2) is 1.90. The summed E-state index contributed by atoms with van der Waals surface area (Å²) in [6.45, 7) is 3.41. The highest BCUT2D eigenvalue weighted by molar-refractivity contribution is 5.14. The molecular formula is C6H5FN. The van der Waals surface area contributed by atoms with E-state index < -0.39 is 0 Å². The molecule has 0 saturated carbocycles. The number of hydrogen-bond acceptors (Lipinski definition) is 1. The van der Waals surface area contributed by atoms with E-state index in [1.807, 2.05) is 0 Å². The van der Waals surface area contributed by atoms with E-state index in [-0.39, 0.29) is 5.82 Å². The van der Waals surface area contributed by atoms with Gasteiger partial charge < -0.3 is 0 Å². The predicted octanol–water partition coefficient (Wildman–Crippen LogP) is 1.40. The minimum absolute atomic E-state index is 0.354. The fraction of sp³-hybridized carbons (Fsp3) is 0. The van der Waals surface area contributed by atoms with Gasteiger partial charge in [-0.05, 0) is 18.6 Å². The first-order valence-electron chi connectivity index (χ1n) is 2.22. The highest BCUT2D eigenvalue weighted by Crippen LogP contribution is 1.99. The van der Waals surface area contributed by atoms with Crippen LogP contribution >= 0.6 is 0 Å². The third-order valence-electron chi connectivity index (χ3n) is 0.856. The first-order chi connectivity index (χ1) is 3.80. The maximum atomic E-state index is 12.2. The Hall–Kier alpha value is -0.920. The Morgan fingerprint density at radius 2 is 2.38 bits per heavy atom. The molecule has 0 atom stereocenters. The molecule has 0 unspecified atom stereocenters. The fourth-order valence-corrected chi connectivity index (χ4v) is 0.404. The van der Waals surface area contributed by atoms with Gasteiger partial charge in [0.15, 0.2) is 0 Å². The molecule has 1 nitrogen and oxygen atoms in total. The molecule has 0 aliphatic carbocycles. The van der Waals surface area contributed by atoms with Crippen LogP contribution in [0.2, 0.25) is 0 Å². The summed E-state index contributed by atoms with van der Waals surface area (Å²) in [6.07, 6.45) is 2.65. The maximum Gasteiger partial charge on any atom is 0.144 e. The monoisotopic (exact) mass is 110 g/mol. The lowest BCUT2D eigenvalue weighted by molar-refractivity contribution is 0.616. The third kappa shape index (κ3) is 0.832. The molecule has 8 heavy (non-hydrogen) atoms. The van der Waals surface area contributed by atoms with Crippen molar-refractivity contribution >= 4 is 0 Å². The van der Waals surface area contributed by atoms with E-state index in [4.69, 9.17) is 0 Å². The lowest BCUT2D eigenvalue weighted by atomic mass is 10.3. The van der Waals surface area contributed by atoms with Crippen molar-refractivity contribution in [1.82, 2.24) is 4.98 Å². The van der Waals surface area contributed by atoms with Crippen LogP contribution in [-0.4, -0.2) is 4.98 Å². The molecule has 0 spiro atoms. The summed E-state index contributed by atoms with van der Waals surface area (Å²) in [5.41, 5.74) is 0.389. The lowest BCUT2D eigenvalue weighted by Gasteiger charge is -1.88. The predicted molar refractivity (Wildman–Crippen MR) is 28.7 cm³/mol. The summed E-state index contributed by atoms with van der Waals surface area (Å²) in [5.74, 6) is -0.354. The van der Waals surface area contributed by atoms with Crippen LogP contribution in [0, 0.1) is 12.7 Å². The van der Waals surface area contributed by atoms with Crippen LogP contribution in [0.3, 0.4) is 0 Å². The van der Waals surface area contributed by atoms with E-state index in [0.29, 0.717) is 5.56 Å². The zero-order valence-electron chi connectivity index (χ0n) is 4.26. The van der Waals surface area contributed by atoms with Crippen LogP contribution in [0.5, 0.6) is 0 Å². The molecule has 0 aliphatic heterocycles. The molecule has 0 aliphatic rings. The van der Waals surface area contributed by atoms with Gasteiger partial charge >= 0.3 is 0 Å². The number of pyridine rings is 1. The second-order valence-electron chi connectivity index (χ2n) is 1.47. The topological polar surface area (TPSA) is 12.9 Å². The van der Waals surface area contributed by atoms with Crippen molar-refractivity contribution in [2.45, 2.75) is 0 Å². The van der Waals surface area contributed by atoms with Crippen molar-refractivity contribution in [2.24, 2.45) is 0 Å². The van der Waals surface area contributed by atoms with Crippen molar-refractivity contribution in [1.29, 1.82) is 0 Å². The molecule has 0 aromatic carbocycles. The summed E-state index contributed by atoms with van der Waals surface area (Å²) < 4.78 is 12.2. The van der Waals surface area contributed by atoms with Gasteiger partial charge in [0.1, 0.15) is 5.82 Å². The number of nitrogens with zero attached hydrogens (tertiary/aromatic N) is 1. The molecule has 1 aromatic rings. The van der Waals surface area contributed by atoms with Crippen LogP contribution in [0.4, 0.5) is 4.39 Å². The molecule has 1 radical (unpaired) electrons. The zero-order valence-corrected chi connectivity index (χ0v) is 4.26. The minimum Gasteiger partial charge on any atom is -0.262 e. The quantitative estimate of drug-likeness (QED) is 0.492. The number of rotatable bonds is 0. The smallest absolute Gasteiger partial charge is 0.144 e. The highest BCUT2D eigenvalue weighted by Gasteiger charge is 1.90. The van der Waals surface area contributed by atoms with Crippen LogP contribution in [0.1, 0.15) is 5.56 Å². The molecule has 2 heteroatoms. The Kier molecular flexibility index (Phi) is 1.24. The Morgan fingerprint density at radius 1 is 1.62 bits per heavy atom. The average Bonchev–Trinajstić information content (AvgIpc) is 1.77. The summed E-state index contributed by atoms with van der Waals surface area (Å²) in [7, 11) is 0. The van der Waals surface area contributed by atoms with Gasteiger partial charge in [-0.15, -0.1) is 0 Å². The minimum atomic E-state index is -0.354. The third-order valence-corrected chi connectivity index (χ3v) is 0.856. The van der Waals surface area contributed by atoms with Gasteiger partial charge in [-0.3, -0.25) is 4.98 Å². The highest BCUT2D eigenvalue weighted by atomic mass is 19.1. The average molecular weight is 110 g/mol.